The van der Waals surface area contributed by atoms with Gasteiger partial charge in [-0.05, 0) is 38.5 Å². The molecule has 0 radical (unpaired) electrons. The van der Waals surface area contributed by atoms with Gasteiger partial charge in [0.25, 0.3) is 0 Å². The van der Waals surface area contributed by atoms with E-state index < -0.39 is 46.9 Å². The van der Waals surface area contributed by atoms with Gasteiger partial charge in [0, 0.05) is 29.0 Å². The molecule has 11 nitrogen and oxygen atoms in total. The Bertz CT molecular complexity index is 1420. The number of esters is 2. The lowest BCUT2D eigenvalue weighted by atomic mass is 9.60. The number of ether oxygens (including phenoxy) is 7. The van der Waals surface area contributed by atoms with Crippen molar-refractivity contribution in [3.05, 3.63) is 52.0 Å². The fraction of sp³-hybridized carbons (Fsp3) is 0.500. The summed E-state index contributed by atoms with van der Waals surface area (Å²) in [5.74, 6) is -1.57. The molecule has 41 heavy (non-hydrogen) atoms. The number of methoxy groups -OCH3 is 2. The van der Waals surface area contributed by atoms with E-state index in [4.69, 9.17) is 33.2 Å². The van der Waals surface area contributed by atoms with Crippen molar-refractivity contribution < 1.29 is 52.6 Å². The lowest BCUT2D eigenvalue weighted by Crippen LogP contribution is -2.57. The highest BCUT2D eigenvalue weighted by molar-refractivity contribution is 6.06. The first-order valence-electron chi connectivity index (χ1n) is 13.4. The Labute approximate surface area is 237 Å². The summed E-state index contributed by atoms with van der Waals surface area (Å²) in [6.07, 6.45) is 0.517. The Morgan fingerprint density at radius 1 is 1.15 bits per heavy atom. The summed E-state index contributed by atoms with van der Waals surface area (Å²) in [7, 11) is 2.74. The van der Waals surface area contributed by atoms with Crippen molar-refractivity contribution in [1.82, 2.24) is 0 Å². The van der Waals surface area contributed by atoms with Crippen LogP contribution in [0.15, 0.2) is 40.9 Å². The van der Waals surface area contributed by atoms with Crippen LogP contribution in [0.2, 0.25) is 0 Å². The van der Waals surface area contributed by atoms with E-state index in [1.807, 2.05) is 0 Å². The number of aliphatic hydroxyl groups is 1. The number of hydrogen-bond acceptors (Lipinski definition) is 11. The summed E-state index contributed by atoms with van der Waals surface area (Å²) in [5.41, 5.74) is -1.83. The molecule has 5 rings (SSSR count). The fourth-order valence-electron chi connectivity index (χ4n) is 6.04. The van der Waals surface area contributed by atoms with Gasteiger partial charge in [-0.25, -0.2) is 4.79 Å². The molecular formula is C30H34O11. The highest BCUT2D eigenvalue weighted by atomic mass is 16.7. The first-order chi connectivity index (χ1) is 19.5. The van der Waals surface area contributed by atoms with Crippen molar-refractivity contribution in [2.75, 3.05) is 27.6 Å². The third kappa shape index (κ3) is 4.00. The molecule has 1 spiro atoms. The highest BCUT2D eigenvalue weighted by Gasteiger charge is 2.64. The largest absolute Gasteiger partial charge is 0.496 e. The van der Waals surface area contributed by atoms with Gasteiger partial charge in [0.05, 0.1) is 14.2 Å². The van der Waals surface area contributed by atoms with Crippen molar-refractivity contribution in [2.24, 2.45) is 5.92 Å². The third-order valence-corrected chi connectivity index (χ3v) is 8.54. The van der Waals surface area contributed by atoms with E-state index in [-0.39, 0.29) is 36.9 Å². The lowest BCUT2D eigenvalue weighted by molar-refractivity contribution is -0.178. The lowest BCUT2D eigenvalue weighted by Gasteiger charge is -2.49. The van der Waals surface area contributed by atoms with Gasteiger partial charge in [-0.1, -0.05) is 19.9 Å². The SMILES string of the molecule is CC=C(C)C(=O)O[C@H]1C2=CC(=O)C(OC)=C(OC)[C@@]23COc2c4c(cc(c23)[C@H](OC(=O)CC)[C@H](C)[C@]1(C)O)OCO4. The van der Waals surface area contributed by atoms with Crippen molar-refractivity contribution in [3.8, 4) is 17.2 Å². The highest BCUT2D eigenvalue weighted by Crippen LogP contribution is 2.63. The Hall–Kier alpha value is -3.99. The van der Waals surface area contributed by atoms with Gasteiger partial charge < -0.3 is 38.3 Å². The maximum atomic E-state index is 13.5. The van der Waals surface area contributed by atoms with Crippen LogP contribution in [0, 0.1) is 5.92 Å². The molecule has 0 saturated heterocycles. The molecular weight excluding hydrogens is 536 g/mol. The number of benzene rings is 1. The maximum absolute atomic E-state index is 13.5. The van der Waals surface area contributed by atoms with E-state index in [1.54, 1.807) is 39.8 Å². The number of allylic oxidation sites excluding steroid dienone is 2. The van der Waals surface area contributed by atoms with Crippen LogP contribution in [0.3, 0.4) is 0 Å². The molecule has 0 aromatic heterocycles. The number of fused-ring (bicyclic) bond motifs is 2. The monoisotopic (exact) mass is 570 g/mol. The van der Waals surface area contributed by atoms with Crippen LogP contribution in [0.25, 0.3) is 0 Å². The minimum absolute atomic E-state index is 0.0609. The summed E-state index contributed by atoms with van der Waals surface area (Å²) in [4.78, 5) is 39.5. The van der Waals surface area contributed by atoms with Crippen molar-refractivity contribution >= 4 is 17.7 Å². The van der Waals surface area contributed by atoms with Crippen LogP contribution < -0.4 is 14.2 Å². The molecule has 0 saturated carbocycles. The van der Waals surface area contributed by atoms with Crippen molar-refractivity contribution in [3.63, 3.8) is 0 Å². The number of carbonyl (C=O) groups is 3. The second kappa shape index (κ2) is 10.1. The molecule has 2 heterocycles. The van der Waals surface area contributed by atoms with Crippen LogP contribution in [0.4, 0.5) is 0 Å². The van der Waals surface area contributed by atoms with E-state index in [1.165, 1.54) is 27.2 Å². The van der Waals surface area contributed by atoms with Crippen LogP contribution in [0.1, 0.15) is 58.3 Å². The molecule has 2 aliphatic carbocycles. The van der Waals surface area contributed by atoms with Gasteiger partial charge in [-0.15, -0.1) is 0 Å². The van der Waals surface area contributed by atoms with E-state index in [9.17, 15) is 19.5 Å². The topological polar surface area (TPSA) is 136 Å². The molecule has 0 amide bonds. The Morgan fingerprint density at radius 2 is 1.88 bits per heavy atom. The molecule has 1 aromatic carbocycles. The Balaban J connectivity index is 1.91. The zero-order valence-electron chi connectivity index (χ0n) is 24.1. The molecule has 11 heteroatoms. The molecule has 0 fully saturated rings. The quantitative estimate of drug-likeness (QED) is 0.398. The van der Waals surface area contributed by atoms with E-state index in [0.29, 0.717) is 33.9 Å². The van der Waals surface area contributed by atoms with Crippen molar-refractivity contribution in [2.45, 2.75) is 64.3 Å². The van der Waals surface area contributed by atoms with E-state index in [0.717, 1.165) is 0 Å². The zero-order chi connectivity index (χ0) is 29.9. The minimum Gasteiger partial charge on any atom is -0.496 e. The normalized spacial score (nSPS) is 29.9. The minimum atomic E-state index is -1.87. The molecule has 0 unspecified atom stereocenters. The average Bonchev–Trinajstić information content (AvgIpc) is 3.59. The van der Waals surface area contributed by atoms with Gasteiger partial charge in [0.2, 0.25) is 24.1 Å². The Kier molecular flexibility index (Phi) is 7.05. The summed E-state index contributed by atoms with van der Waals surface area (Å²) < 4.78 is 41.2. The first kappa shape index (κ1) is 28.5. The van der Waals surface area contributed by atoms with E-state index >= 15 is 0 Å². The summed E-state index contributed by atoms with van der Waals surface area (Å²) in [6, 6.07) is 1.70. The molecule has 4 aliphatic rings. The van der Waals surface area contributed by atoms with Crippen LogP contribution in [0.5, 0.6) is 17.2 Å². The van der Waals surface area contributed by atoms with Crippen LogP contribution in [-0.2, 0) is 38.7 Å². The zero-order valence-corrected chi connectivity index (χ0v) is 24.1. The smallest absolute Gasteiger partial charge is 0.334 e. The predicted octanol–water partition coefficient (Wildman–Crippen LogP) is 3.33. The molecule has 2 aliphatic heterocycles. The fourth-order valence-corrected chi connectivity index (χ4v) is 6.04. The van der Waals surface area contributed by atoms with Crippen LogP contribution in [-0.4, -0.2) is 62.2 Å². The van der Waals surface area contributed by atoms with Crippen LogP contribution >= 0.6 is 0 Å². The number of rotatable bonds is 6. The van der Waals surface area contributed by atoms with Gasteiger partial charge in [-0.3, -0.25) is 9.59 Å². The average molecular weight is 571 g/mol. The van der Waals surface area contributed by atoms with E-state index in [2.05, 4.69) is 0 Å². The van der Waals surface area contributed by atoms with Gasteiger partial charge >= 0.3 is 11.9 Å². The van der Waals surface area contributed by atoms with Gasteiger partial charge in [-0.2, -0.15) is 0 Å². The summed E-state index contributed by atoms with van der Waals surface area (Å²) >= 11 is 0. The molecule has 220 valence electrons. The number of carbonyl (C=O) groups excluding carboxylic acids is 3. The first-order valence-corrected chi connectivity index (χ1v) is 13.4. The summed E-state index contributed by atoms with van der Waals surface area (Å²) in [5, 5.41) is 12.3. The van der Waals surface area contributed by atoms with Gasteiger partial charge in [0.1, 0.15) is 23.7 Å². The Morgan fingerprint density at radius 3 is 2.51 bits per heavy atom. The van der Waals surface area contributed by atoms with Gasteiger partial charge in [0.15, 0.2) is 23.4 Å². The summed E-state index contributed by atoms with van der Waals surface area (Å²) in [6.45, 7) is 7.93. The molecule has 5 atom stereocenters. The second-order valence-corrected chi connectivity index (χ2v) is 10.7. The molecule has 1 aromatic rings. The number of ketones is 1. The molecule has 0 bridgehead atoms. The third-order valence-electron chi connectivity index (χ3n) is 8.54. The standard InChI is InChI=1S/C30H34O11/c1-8-14(3)28(33)41-26-17-11-18(31)23(35-6)27(36-7)30(17)12-37-25-21(30)16(10-19-24(25)39-13-38-19)22(40-20(32)9-2)15(4)29(26,5)34/h8,10-11,15,22,26,34H,9,12-13H2,1-7H3/t15-,22+,26-,29-,30-/m0/s1. The molecule has 1 N–H and O–H groups in total. The second-order valence-electron chi connectivity index (χ2n) is 10.7. The van der Waals surface area contributed by atoms with Crippen molar-refractivity contribution in [1.29, 1.82) is 0 Å². The maximum Gasteiger partial charge on any atom is 0.334 e. The predicted molar refractivity (Wildman–Crippen MR) is 142 cm³/mol. The number of hydrogen-bond donors (Lipinski definition) is 1.